The summed E-state index contributed by atoms with van der Waals surface area (Å²) in [7, 11) is 0. The second-order valence-corrected chi connectivity index (χ2v) is 5.72. The zero-order valence-corrected chi connectivity index (χ0v) is 11.3. The lowest BCUT2D eigenvalue weighted by molar-refractivity contribution is -0.124. The fourth-order valence-electron chi connectivity index (χ4n) is 3.20. The molecule has 2 atom stereocenters. The standard InChI is InChI=1S/C16H22N2O/c19-16(15-7-3-4-10-17-15)18-14-9-8-12-5-1-2-6-13(12)11-14/h1-2,5-6,14-15,17H,3-4,7-11H2,(H,18,19)/t14?,15-/m0/s1. The van der Waals surface area contributed by atoms with Gasteiger partial charge in [0.05, 0.1) is 6.04 Å². The molecule has 19 heavy (non-hydrogen) atoms. The number of carbonyl (C=O) groups excluding carboxylic acids is 1. The number of nitrogens with one attached hydrogen (secondary N) is 2. The van der Waals surface area contributed by atoms with E-state index in [0.29, 0.717) is 6.04 Å². The third kappa shape index (κ3) is 2.98. The number of hydrogen-bond donors (Lipinski definition) is 2. The Kier molecular flexibility index (Phi) is 3.83. The Morgan fingerprint density at radius 1 is 1.16 bits per heavy atom. The Bertz CT molecular complexity index is 452. The van der Waals surface area contributed by atoms with Crippen LogP contribution >= 0.6 is 0 Å². The van der Waals surface area contributed by atoms with E-state index in [9.17, 15) is 4.79 Å². The van der Waals surface area contributed by atoms with Gasteiger partial charge in [-0.25, -0.2) is 0 Å². The summed E-state index contributed by atoms with van der Waals surface area (Å²) in [6.45, 7) is 0.978. The third-order valence-electron chi connectivity index (χ3n) is 4.32. The molecule has 102 valence electrons. The van der Waals surface area contributed by atoms with Crippen molar-refractivity contribution in [2.45, 2.75) is 50.6 Å². The zero-order valence-electron chi connectivity index (χ0n) is 11.3. The Balaban J connectivity index is 1.58. The molecular formula is C16H22N2O. The molecule has 1 aliphatic carbocycles. The van der Waals surface area contributed by atoms with Crippen LogP contribution < -0.4 is 10.6 Å². The van der Waals surface area contributed by atoms with Crippen LogP contribution in [0.1, 0.15) is 36.8 Å². The summed E-state index contributed by atoms with van der Waals surface area (Å²) in [5.74, 6) is 0.198. The molecule has 1 aliphatic heterocycles. The van der Waals surface area contributed by atoms with E-state index in [1.54, 1.807) is 0 Å². The first-order valence-corrected chi connectivity index (χ1v) is 7.43. The predicted octanol–water partition coefficient (Wildman–Crippen LogP) is 1.80. The number of piperidine rings is 1. The summed E-state index contributed by atoms with van der Waals surface area (Å²) >= 11 is 0. The Morgan fingerprint density at radius 2 is 2.00 bits per heavy atom. The van der Waals surface area contributed by atoms with Gasteiger partial charge in [-0.3, -0.25) is 4.79 Å². The van der Waals surface area contributed by atoms with E-state index >= 15 is 0 Å². The molecule has 0 saturated carbocycles. The van der Waals surface area contributed by atoms with Gasteiger partial charge in [-0.05, 0) is 49.8 Å². The van der Waals surface area contributed by atoms with E-state index in [1.165, 1.54) is 24.0 Å². The smallest absolute Gasteiger partial charge is 0.237 e. The van der Waals surface area contributed by atoms with Crippen molar-refractivity contribution < 1.29 is 4.79 Å². The quantitative estimate of drug-likeness (QED) is 0.849. The van der Waals surface area contributed by atoms with Gasteiger partial charge >= 0.3 is 0 Å². The van der Waals surface area contributed by atoms with Crippen molar-refractivity contribution in [1.29, 1.82) is 0 Å². The number of amides is 1. The van der Waals surface area contributed by atoms with Gasteiger partial charge in [-0.2, -0.15) is 0 Å². The molecule has 0 aromatic heterocycles. The maximum Gasteiger partial charge on any atom is 0.237 e. The summed E-state index contributed by atoms with van der Waals surface area (Å²) < 4.78 is 0. The fourth-order valence-corrected chi connectivity index (χ4v) is 3.20. The van der Waals surface area contributed by atoms with Gasteiger partial charge in [0.2, 0.25) is 5.91 Å². The van der Waals surface area contributed by atoms with Crippen molar-refractivity contribution in [2.75, 3.05) is 6.54 Å². The van der Waals surface area contributed by atoms with E-state index in [0.717, 1.165) is 32.2 Å². The van der Waals surface area contributed by atoms with Crippen molar-refractivity contribution in [3.8, 4) is 0 Å². The summed E-state index contributed by atoms with van der Waals surface area (Å²) in [4.78, 5) is 12.2. The molecule has 1 saturated heterocycles. The van der Waals surface area contributed by atoms with Crippen LogP contribution in [0, 0.1) is 0 Å². The minimum absolute atomic E-state index is 0.0333. The second-order valence-electron chi connectivity index (χ2n) is 5.72. The number of rotatable bonds is 2. The highest BCUT2D eigenvalue weighted by Gasteiger charge is 2.25. The molecule has 1 aromatic rings. The largest absolute Gasteiger partial charge is 0.352 e. The number of aryl methyl sites for hydroxylation is 1. The lowest BCUT2D eigenvalue weighted by Gasteiger charge is -2.29. The van der Waals surface area contributed by atoms with Crippen LogP contribution in [0.4, 0.5) is 0 Å². The van der Waals surface area contributed by atoms with E-state index < -0.39 is 0 Å². The van der Waals surface area contributed by atoms with Crippen LogP contribution in [0.3, 0.4) is 0 Å². The fraction of sp³-hybridized carbons (Fsp3) is 0.562. The Hall–Kier alpha value is -1.35. The first-order valence-electron chi connectivity index (χ1n) is 7.43. The molecule has 1 unspecified atom stereocenters. The average Bonchev–Trinajstić information content (AvgIpc) is 2.48. The van der Waals surface area contributed by atoms with Gasteiger partial charge in [-0.15, -0.1) is 0 Å². The molecule has 2 aliphatic rings. The van der Waals surface area contributed by atoms with Crippen molar-refractivity contribution >= 4 is 5.91 Å². The summed E-state index contributed by atoms with van der Waals surface area (Å²) in [5, 5.41) is 6.54. The van der Waals surface area contributed by atoms with Crippen LogP contribution in [-0.2, 0) is 17.6 Å². The third-order valence-corrected chi connectivity index (χ3v) is 4.32. The molecule has 3 nitrogen and oxygen atoms in total. The lowest BCUT2D eigenvalue weighted by Crippen LogP contribution is -2.50. The Labute approximate surface area is 114 Å². The molecule has 1 aromatic carbocycles. The van der Waals surface area contributed by atoms with Gasteiger partial charge in [-0.1, -0.05) is 30.7 Å². The van der Waals surface area contributed by atoms with Crippen LogP contribution in [-0.4, -0.2) is 24.5 Å². The molecule has 0 spiro atoms. The highest BCUT2D eigenvalue weighted by Crippen LogP contribution is 2.21. The van der Waals surface area contributed by atoms with Crippen LogP contribution in [0.25, 0.3) is 0 Å². The molecule has 1 fully saturated rings. The van der Waals surface area contributed by atoms with Crippen molar-refractivity contribution in [3.63, 3.8) is 0 Å². The summed E-state index contributed by atoms with van der Waals surface area (Å²) in [6, 6.07) is 8.93. The number of fused-ring (bicyclic) bond motifs is 1. The molecule has 2 N–H and O–H groups in total. The second kappa shape index (κ2) is 5.74. The minimum Gasteiger partial charge on any atom is -0.352 e. The van der Waals surface area contributed by atoms with E-state index in [-0.39, 0.29) is 11.9 Å². The van der Waals surface area contributed by atoms with Crippen LogP contribution in [0.5, 0.6) is 0 Å². The van der Waals surface area contributed by atoms with Gasteiger partial charge in [0.1, 0.15) is 0 Å². The highest BCUT2D eigenvalue weighted by molar-refractivity contribution is 5.82. The first kappa shape index (κ1) is 12.7. The van der Waals surface area contributed by atoms with Gasteiger partial charge in [0.15, 0.2) is 0 Å². The number of benzene rings is 1. The first-order chi connectivity index (χ1) is 9.33. The maximum absolute atomic E-state index is 12.2. The molecule has 1 heterocycles. The maximum atomic E-state index is 12.2. The van der Waals surface area contributed by atoms with Crippen LogP contribution in [0.15, 0.2) is 24.3 Å². The lowest BCUT2D eigenvalue weighted by atomic mass is 9.88. The predicted molar refractivity (Wildman–Crippen MR) is 76.0 cm³/mol. The van der Waals surface area contributed by atoms with E-state index in [2.05, 4.69) is 34.9 Å². The number of hydrogen-bond acceptors (Lipinski definition) is 2. The van der Waals surface area contributed by atoms with Crippen molar-refractivity contribution in [2.24, 2.45) is 0 Å². The average molecular weight is 258 g/mol. The molecule has 0 bridgehead atoms. The highest BCUT2D eigenvalue weighted by atomic mass is 16.2. The SMILES string of the molecule is O=C(NC1CCc2ccccc2C1)[C@@H]1CCCCN1. The zero-order chi connectivity index (χ0) is 13.1. The van der Waals surface area contributed by atoms with Gasteiger partial charge < -0.3 is 10.6 Å². The van der Waals surface area contributed by atoms with E-state index in [1.807, 2.05) is 0 Å². The molecule has 0 radical (unpaired) electrons. The van der Waals surface area contributed by atoms with Crippen LogP contribution in [0.2, 0.25) is 0 Å². The summed E-state index contributed by atoms with van der Waals surface area (Å²) in [6.07, 6.45) is 6.47. The van der Waals surface area contributed by atoms with Crippen molar-refractivity contribution in [3.05, 3.63) is 35.4 Å². The molecule has 1 amide bonds. The Morgan fingerprint density at radius 3 is 2.79 bits per heavy atom. The monoisotopic (exact) mass is 258 g/mol. The molecule has 3 heteroatoms. The normalized spacial score (nSPS) is 26.5. The van der Waals surface area contributed by atoms with E-state index in [4.69, 9.17) is 0 Å². The minimum atomic E-state index is 0.0333. The van der Waals surface area contributed by atoms with Gasteiger partial charge in [0, 0.05) is 6.04 Å². The molecule has 3 rings (SSSR count). The van der Waals surface area contributed by atoms with Crippen molar-refractivity contribution in [1.82, 2.24) is 10.6 Å². The topological polar surface area (TPSA) is 41.1 Å². The van der Waals surface area contributed by atoms with Gasteiger partial charge in [0.25, 0.3) is 0 Å². The number of carbonyl (C=O) groups is 1. The summed E-state index contributed by atoms with van der Waals surface area (Å²) in [5.41, 5.74) is 2.85. The molecular weight excluding hydrogens is 236 g/mol.